The molecule has 106 valence electrons. The second-order valence-electron chi connectivity index (χ2n) is 4.75. The van der Waals surface area contributed by atoms with Crippen molar-refractivity contribution in [2.75, 3.05) is 13.3 Å². The van der Waals surface area contributed by atoms with Crippen LogP contribution in [-0.4, -0.2) is 13.3 Å². The maximum atomic E-state index is 12.5. The zero-order valence-corrected chi connectivity index (χ0v) is 12.7. The Bertz CT molecular complexity index is 613. The first-order valence-electron chi connectivity index (χ1n) is 6.67. The fraction of sp³-hybridized carbons (Fsp3) is 0.250. The van der Waals surface area contributed by atoms with Gasteiger partial charge in [-0.15, -0.1) is 0 Å². The average Bonchev–Trinajstić information content (AvgIpc) is 2.47. The zero-order chi connectivity index (χ0) is 14.6. The van der Waals surface area contributed by atoms with Crippen LogP contribution >= 0.6 is 7.37 Å². The summed E-state index contributed by atoms with van der Waals surface area (Å²) in [7, 11) is -2.76. The highest BCUT2D eigenvalue weighted by Crippen LogP contribution is 2.41. The number of hydrogen-bond acceptors (Lipinski definition) is 3. The maximum absolute atomic E-state index is 12.5. The van der Waals surface area contributed by atoms with Crippen LogP contribution in [0, 0.1) is 0 Å². The van der Waals surface area contributed by atoms with Crippen molar-refractivity contribution < 1.29 is 9.09 Å². The van der Waals surface area contributed by atoms with Crippen LogP contribution in [0.5, 0.6) is 0 Å². The Balaban J connectivity index is 2.33. The molecule has 3 nitrogen and oxygen atoms in total. The third-order valence-electron chi connectivity index (χ3n) is 3.23. The number of hydrogen-bond donors (Lipinski definition) is 1. The lowest BCUT2D eigenvalue weighted by Gasteiger charge is -2.17. The van der Waals surface area contributed by atoms with Gasteiger partial charge in [0, 0.05) is 12.0 Å². The molecule has 0 spiro atoms. The molecule has 1 unspecified atom stereocenters. The molecular weight excluding hydrogens is 269 g/mol. The number of benzene rings is 2. The van der Waals surface area contributed by atoms with E-state index in [9.17, 15) is 4.57 Å². The Kier molecular flexibility index (Phi) is 4.77. The first kappa shape index (κ1) is 15.0. The molecule has 0 saturated carbocycles. The summed E-state index contributed by atoms with van der Waals surface area (Å²) in [4.78, 5) is 0. The van der Waals surface area contributed by atoms with Crippen molar-refractivity contribution in [3.05, 3.63) is 65.7 Å². The van der Waals surface area contributed by atoms with Gasteiger partial charge in [-0.1, -0.05) is 42.5 Å². The predicted octanol–water partition coefficient (Wildman–Crippen LogP) is 3.30. The van der Waals surface area contributed by atoms with Crippen LogP contribution in [0.3, 0.4) is 0 Å². The number of rotatable bonds is 5. The van der Waals surface area contributed by atoms with Crippen LogP contribution in [0.4, 0.5) is 0 Å². The number of nitrogens with two attached hydrogens (primary N) is 1. The predicted molar refractivity (Wildman–Crippen MR) is 83.7 cm³/mol. The largest absolute Gasteiger partial charge is 0.326 e. The summed E-state index contributed by atoms with van der Waals surface area (Å²) >= 11 is 0. The normalized spacial score (nSPS) is 15.6. The molecule has 0 fully saturated rings. The van der Waals surface area contributed by atoms with Crippen LogP contribution in [-0.2, 0) is 9.09 Å². The molecule has 0 radical (unpaired) electrons. The molecule has 20 heavy (non-hydrogen) atoms. The van der Waals surface area contributed by atoms with Crippen molar-refractivity contribution in [3.63, 3.8) is 0 Å². The summed E-state index contributed by atoms with van der Waals surface area (Å²) in [5, 5.41) is 0.711. The lowest BCUT2D eigenvalue weighted by molar-refractivity contribution is 0.345. The summed E-state index contributed by atoms with van der Waals surface area (Å²) in [5.41, 5.74) is 8.25. The van der Waals surface area contributed by atoms with E-state index < -0.39 is 7.37 Å². The third kappa shape index (κ3) is 3.37. The van der Waals surface area contributed by atoms with E-state index in [0.717, 1.165) is 11.1 Å². The van der Waals surface area contributed by atoms with Gasteiger partial charge in [0.25, 0.3) is 0 Å². The molecule has 4 heteroatoms. The smallest absolute Gasteiger partial charge is 0.229 e. The summed E-state index contributed by atoms with van der Waals surface area (Å²) in [6, 6.07) is 17.2. The second-order valence-corrected chi connectivity index (χ2v) is 7.21. The van der Waals surface area contributed by atoms with Gasteiger partial charge in [0.15, 0.2) is 0 Å². The van der Waals surface area contributed by atoms with E-state index >= 15 is 0 Å². The molecule has 0 aromatic heterocycles. The van der Waals surface area contributed by atoms with Gasteiger partial charge in [0.05, 0.1) is 12.6 Å². The molecule has 0 amide bonds. The quantitative estimate of drug-likeness (QED) is 0.859. The molecule has 0 saturated heterocycles. The van der Waals surface area contributed by atoms with Crippen LogP contribution < -0.4 is 11.0 Å². The minimum atomic E-state index is -2.76. The minimum Gasteiger partial charge on any atom is -0.326 e. The van der Waals surface area contributed by atoms with E-state index in [1.807, 2.05) is 61.5 Å². The van der Waals surface area contributed by atoms with Gasteiger partial charge in [0.2, 0.25) is 7.37 Å². The van der Waals surface area contributed by atoms with E-state index in [1.54, 1.807) is 6.66 Å². The van der Waals surface area contributed by atoms with Crippen LogP contribution in [0.15, 0.2) is 54.6 Å². The van der Waals surface area contributed by atoms with Crippen molar-refractivity contribution in [1.29, 1.82) is 0 Å². The van der Waals surface area contributed by atoms with Gasteiger partial charge in [0.1, 0.15) is 0 Å². The highest BCUT2D eigenvalue weighted by atomic mass is 31.2. The minimum absolute atomic E-state index is 0.224. The van der Waals surface area contributed by atoms with Gasteiger partial charge in [-0.2, -0.15) is 0 Å². The van der Waals surface area contributed by atoms with Crippen LogP contribution in [0.1, 0.15) is 24.1 Å². The summed E-state index contributed by atoms with van der Waals surface area (Å²) in [5.74, 6) is 0. The first-order valence-corrected chi connectivity index (χ1v) is 8.75. The highest BCUT2D eigenvalue weighted by Gasteiger charge is 2.20. The molecule has 2 atom stereocenters. The second kappa shape index (κ2) is 6.36. The summed E-state index contributed by atoms with van der Waals surface area (Å²) in [6.07, 6.45) is 0. The Hall–Kier alpha value is -1.41. The third-order valence-corrected chi connectivity index (χ3v) is 5.20. The fourth-order valence-corrected chi connectivity index (χ4v) is 3.53. The summed E-state index contributed by atoms with van der Waals surface area (Å²) < 4.78 is 17.8. The first-order chi connectivity index (χ1) is 9.54. The molecule has 0 heterocycles. The topological polar surface area (TPSA) is 52.3 Å². The lowest BCUT2D eigenvalue weighted by Crippen LogP contribution is -2.15. The molecular formula is C16H20NO2P. The molecule has 0 aliphatic carbocycles. The Morgan fingerprint density at radius 1 is 1.10 bits per heavy atom. The Labute approximate surface area is 120 Å². The van der Waals surface area contributed by atoms with Crippen molar-refractivity contribution in [2.45, 2.75) is 13.0 Å². The molecule has 2 rings (SSSR count). The maximum Gasteiger partial charge on any atom is 0.229 e. The Morgan fingerprint density at radius 3 is 2.40 bits per heavy atom. The Morgan fingerprint density at radius 2 is 1.75 bits per heavy atom. The van der Waals surface area contributed by atoms with Gasteiger partial charge < -0.3 is 10.3 Å². The standard InChI is InChI=1S/C16H20NO2P/c1-3-19-20(2,18)15-11-7-10-14(12-15)16(17)13-8-5-4-6-9-13/h4-12,16H,3,17H2,1-2H3/t16-,20?/m0/s1. The lowest BCUT2D eigenvalue weighted by atomic mass is 10.00. The molecule has 2 aromatic rings. The van der Waals surface area contributed by atoms with E-state index in [2.05, 4.69) is 0 Å². The molecule has 0 aliphatic heterocycles. The van der Waals surface area contributed by atoms with Crippen molar-refractivity contribution in [1.82, 2.24) is 0 Å². The zero-order valence-electron chi connectivity index (χ0n) is 11.8. The highest BCUT2D eigenvalue weighted by molar-refractivity contribution is 7.66. The van der Waals surface area contributed by atoms with Crippen molar-refractivity contribution in [2.24, 2.45) is 5.73 Å². The average molecular weight is 289 g/mol. The van der Waals surface area contributed by atoms with Crippen LogP contribution in [0.2, 0.25) is 0 Å². The van der Waals surface area contributed by atoms with E-state index in [-0.39, 0.29) is 6.04 Å². The van der Waals surface area contributed by atoms with Crippen LogP contribution in [0.25, 0.3) is 0 Å². The van der Waals surface area contributed by atoms with E-state index in [0.29, 0.717) is 11.9 Å². The van der Waals surface area contributed by atoms with Crippen molar-refractivity contribution in [3.8, 4) is 0 Å². The molecule has 2 N–H and O–H groups in total. The van der Waals surface area contributed by atoms with Gasteiger partial charge in [-0.25, -0.2) is 0 Å². The summed E-state index contributed by atoms with van der Waals surface area (Å²) in [6.45, 7) is 3.92. The molecule has 0 aliphatic rings. The van der Waals surface area contributed by atoms with Crippen molar-refractivity contribution >= 4 is 12.7 Å². The van der Waals surface area contributed by atoms with E-state index in [1.165, 1.54) is 0 Å². The van der Waals surface area contributed by atoms with Gasteiger partial charge in [-0.05, 0) is 30.2 Å². The fourth-order valence-electron chi connectivity index (χ4n) is 2.14. The SMILES string of the molecule is CCOP(C)(=O)c1cccc([C@@H](N)c2ccccc2)c1. The van der Waals surface area contributed by atoms with Gasteiger partial charge in [-0.3, -0.25) is 4.57 Å². The monoisotopic (exact) mass is 289 g/mol. The van der Waals surface area contributed by atoms with Gasteiger partial charge >= 0.3 is 0 Å². The molecule has 0 bridgehead atoms. The molecule has 2 aromatic carbocycles. The van der Waals surface area contributed by atoms with E-state index in [4.69, 9.17) is 10.3 Å².